The van der Waals surface area contributed by atoms with Crippen molar-refractivity contribution in [2.24, 2.45) is 0 Å². The average molecular weight is 241 g/mol. The molecule has 0 saturated carbocycles. The number of carbonyl (C=O) groups is 2. The van der Waals surface area contributed by atoms with Gasteiger partial charge in [-0.2, -0.15) is 0 Å². The molecule has 0 aromatic heterocycles. The van der Waals surface area contributed by atoms with Gasteiger partial charge in [0.1, 0.15) is 0 Å². The number of rotatable bonds is 3. The second-order valence-corrected chi connectivity index (χ2v) is 3.91. The van der Waals surface area contributed by atoms with Crippen molar-refractivity contribution in [1.82, 2.24) is 4.90 Å². The SMILES string of the molecule is CC/C=C(/C)C(=O)N1CCOCC1C(=O)OC. The fourth-order valence-electron chi connectivity index (χ4n) is 1.80. The van der Waals surface area contributed by atoms with Gasteiger partial charge in [-0.3, -0.25) is 4.79 Å². The van der Waals surface area contributed by atoms with Crippen LogP contribution in [-0.4, -0.2) is 49.7 Å². The van der Waals surface area contributed by atoms with E-state index in [0.717, 1.165) is 6.42 Å². The molecule has 0 bridgehead atoms. The summed E-state index contributed by atoms with van der Waals surface area (Å²) < 4.78 is 9.89. The van der Waals surface area contributed by atoms with E-state index in [2.05, 4.69) is 4.74 Å². The van der Waals surface area contributed by atoms with Gasteiger partial charge in [0.15, 0.2) is 6.04 Å². The van der Waals surface area contributed by atoms with Crippen LogP contribution in [0.4, 0.5) is 0 Å². The van der Waals surface area contributed by atoms with Crippen LogP contribution in [0.1, 0.15) is 20.3 Å². The van der Waals surface area contributed by atoms with Crippen LogP contribution in [0.3, 0.4) is 0 Å². The van der Waals surface area contributed by atoms with Crippen molar-refractivity contribution in [2.45, 2.75) is 26.3 Å². The summed E-state index contributed by atoms with van der Waals surface area (Å²) in [5, 5.41) is 0. The highest BCUT2D eigenvalue weighted by Gasteiger charge is 2.33. The van der Waals surface area contributed by atoms with E-state index in [9.17, 15) is 9.59 Å². The first-order chi connectivity index (χ1) is 8.11. The summed E-state index contributed by atoms with van der Waals surface area (Å²) in [6.45, 7) is 4.81. The molecule has 1 saturated heterocycles. The highest BCUT2D eigenvalue weighted by Crippen LogP contribution is 2.13. The van der Waals surface area contributed by atoms with Gasteiger partial charge < -0.3 is 14.4 Å². The molecule has 0 aromatic rings. The molecule has 1 atom stereocenters. The first kappa shape index (κ1) is 13.7. The maximum Gasteiger partial charge on any atom is 0.331 e. The van der Waals surface area contributed by atoms with Gasteiger partial charge in [0, 0.05) is 12.1 Å². The van der Waals surface area contributed by atoms with E-state index in [1.54, 1.807) is 6.92 Å². The molecule has 1 heterocycles. The summed E-state index contributed by atoms with van der Waals surface area (Å²) in [5.74, 6) is -0.548. The van der Waals surface area contributed by atoms with Crippen molar-refractivity contribution in [2.75, 3.05) is 26.9 Å². The van der Waals surface area contributed by atoms with Crippen molar-refractivity contribution < 1.29 is 19.1 Å². The van der Waals surface area contributed by atoms with E-state index in [4.69, 9.17) is 4.74 Å². The average Bonchev–Trinajstić information content (AvgIpc) is 2.37. The minimum absolute atomic E-state index is 0.120. The first-order valence-electron chi connectivity index (χ1n) is 5.75. The van der Waals surface area contributed by atoms with Gasteiger partial charge in [-0.15, -0.1) is 0 Å². The van der Waals surface area contributed by atoms with Crippen LogP contribution in [0.2, 0.25) is 0 Å². The van der Waals surface area contributed by atoms with Crippen LogP contribution in [-0.2, 0) is 19.1 Å². The Morgan fingerprint density at radius 2 is 2.24 bits per heavy atom. The molecule has 0 spiro atoms. The van der Waals surface area contributed by atoms with E-state index in [0.29, 0.717) is 18.7 Å². The third-order valence-corrected chi connectivity index (χ3v) is 2.71. The number of hydrogen-bond donors (Lipinski definition) is 0. The van der Waals surface area contributed by atoms with Gasteiger partial charge in [-0.25, -0.2) is 4.79 Å². The molecule has 0 aliphatic carbocycles. The zero-order chi connectivity index (χ0) is 12.8. The lowest BCUT2D eigenvalue weighted by Gasteiger charge is -2.33. The third-order valence-electron chi connectivity index (χ3n) is 2.71. The second kappa shape index (κ2) is 6.39. The summed E-state index contributed by atoms with van der Waals surface area (Å²) in [4.78, 5) is 25.2. The van der Waals surface area contributed by atoms with Crippen LogP contribution in [0, 0.1) is 0 Å². The molecule has 1 aliphatic heterocycles. The number of esters is 1. The van der Waals surface area contributed by atoms with Crippen molar-refractivity contribution in [3.8, 4) is 0 Å². The van der Waals surface area contributed by atoms with Gasteiger partial charge in [0.2, 0.25) is 5.91 Å². The van der Waals surface area contributed by atoms with Crippen molar-refractivity contribution in [1.29, 1.82) is 0 Å². The van der Waals surface area contributed by atoms with E-state index < -0.39 is 12.0 Å². The van der Waals surface area contributed by atoms with Crippen LogP contribution in [0.25, 0.3) is 0 Å². The van der Waals surface area contributed by atoms with Crippen LogP contribution in [0.5, 0.6) is 0 Å². The van der Waals surface area contributed by atoms with E-state index in [1.165, 1.54) is 12.0 Å². The molecule has 1 amide bonds. The molecular formula is C12H19NO4. The molecule has 0 aromatic carbocycles. The monoisotopic (exact) mass is 241 g/mol. The molecule has 1 fully saturated rings. The van der Waals surface area contributed by atoms with E-state index in [1.807, 2.05) is 13.0 Å². The predicted molar refractivity (Wildman–Crippen MR) is 62.4 cm³/mol. The topological polar surface area (TPSA) is 55.8 Å². The lowest BCUT2D eigenvalue weighted by atomic mass is 10.1. The zero-order valence-electron chi connectivity index (χ0n) is 10.6. The molecule has 5 nitrogen and oxygen atoms in total. The molecule has 1 rings (SSSR count). The number of nitrogens with zero attached hydrogens (tertiary/aromatic N) is 1. The Morgan fingerprint density at radius 3 is 2.82 bits per heavy atom. The quantitative estimate of drug-likeness (QED) is 0.540. The normalized spacial score (nSPS) is 21.2. The molecule has 5 heteroatoms. The number of carbonyl (C=O) groups excluding carboxylic acids is 2. The molecular weight excluding hydrogens is 222 g/mol. The number of methoxy groups -OCH3 is 1. The van der Waals surface area contributed by atoms with Crippen LogP contribution < -0.4 is 0 Å². The Labute approximate surface area is 101 Å². The predicted octanol–water partition coefficient (Wildman–Crippen LogP) is 0.743. The Balaban J connectivity index is 2.81. The number of allylic oxidation sites excluding steroid dienone is 1. The Bertz CT molecular complexity index is 324. The van der Waals surface area contributed by atoms with Crippen LogP contribution in [0.15, 0.2) is 11.6 Å². The smallest absolute Gasteiger partial charge is 0.331 e. The van der Waals surface area contributed by atoms with Gasteiger partial charge in [-0.1, -0.05) is 13.0 Å². The molecule has 1 unspecified atom stereocenters. The maximum atomic E-state index is 12.1. The number of morpholine rings is 1. The zero-order valence-corrected chi connectivity index (χ0v) is 10.6. The highest BCUT2D eigenvalue weighted by molar-refractivity contribution is 5.95. The summed E-state index contributed by atoms with van der Waals surface area (Å²) in [7, 11) is 1.31. The van der Waals surface area contributed by atoms with E-state index in [-0.39, 0.29) is 12.5 Å². The summed E-state index contributed by atoms with van der Waals surface area (Å²) >= 11 is 0. The van der Waals surface area contributed by atoms with Gasteiger partial charge in [-0.05, 0) is 13.3 Å². The van der Waals surface area contributed by atoms with Crippen molar-refractivity contribution >= 4 is 11.9 Å². The highest BCUT2D eigenvalue weighted by atomic mass is 16.5. The minimum Gasteiger partial charge on any atom is -0.467 e. The molecule has 0 radical (unpaired) electrons. The standard InChI is InChI=1S/C12H19NO4/c1-4-5-9(2)11(14)13-6-7-17-8-10(13)12(15)16-3/h5,10H,4,6-8H2,1-3H3/b9-5-. The Kier molecular flexibility index (Phi) is 5.15. The fourth-order valence-corrected chi connectivity index (χ4v) is 1.80. The number of hydrogen-bond acceptors (Lipinski definition) is 4. The molecule has 1 aliphatic rings. The van der Waals surface area contributed by atoms with Gasteiger partial charge in [0.25, 0.3) is 0 Å². The van der Waals surface area contributed by atoms with Crippen LogP contribution >= 0.6 is 0 Å². The number of amides is 1. The van der Waals surface area contributed by atoms with Crippen molar-refractivity contribution in [3.63, 3.8) is 0 Å². The van der Waals surface area contributed by atoms with Gasteiger partial charge >= 0.3 is 5.97 Å². The summed E-state index contributed by atoms with van der Waals surface area (Å²) in [6.07, 6.45) is 2.65. The molecule has 17 heavy (non-hydrogen) atoms. The maximum absolute atomic E-state index is 12.1. The van der Waals surface area contributed by atoms with Crippen molar-refractivity contribution in [3.05, 3.63) is 11.6 Å². The minimum atomic E-state index is -0.624. The molecule has 96 valence electrons. The third kappa shape index (κ3) is 3.30. The summed E-state index contributed by atoms with van der Waals surface area (Å²) in [5.41, 5.74) is 0.656. The first-order valence-corrected chi connectivity index (χ1v) is 5.75. The Morgan fingerprint density at radius 1 is 1.53 bits per heavy atom. The van der Waals surface area contributed by atoms with Gasteiger partial charge in [0.05, 0.1) is 20.3 Å². The fraction of sp³-hybridized carbons (Fsp3) is 0.667. The summed E-state index contributed by atoms with van der Waals surface area (Å²) in [6, 6.07) is -0.624. The largest absolute Gasteiger partial charge is 0.467 e. The number of ether oxygens (including phenoxy) is 2. The lowest BCUT2D eigenvalue weighted by Crippen LogP contribution is -2.53. The Hall–Kier alpha value is -1.36. The lowest BCUT2D eigenvalue weighted by molar-refractivity contribution is -0.159. The van der Waals surface area contributed by atoms with E-state index >= 15 is 0 Å². The molecule has 0 N–H and O–H groups in total. The second-order valence-electron chi connectivity index (χ2n) is 3.91.